The van der Waals surface area contributed by atoms with Crippen molar-refractivity contribution in [1.29, 1.82) is 0 Å². The summed E-state index contributed by atoms with van der Waals surface area (Å²) in [5.74, 6) is 1.24. The summed E-state index contributed by atoms with van der Waals surface area (Å²) in [6.07, 6.45) is 0.752. The summed E-state index contributed by atoms with van der Waals surface area (Å²) < 4.78 is 5.18. The molecule has 0 bridgehead atoms. The van der Waals surface area contributed by atoms with Gasteiger partial charge in [-0.15, -0.1) is 0 Å². The van der Waals surface area contributed by atoms with E-state index in [0.29, 0.717) is 17.4 Å². The lowest BCUT2D eigenvalue weighted by molar-refractivity contribution is 0.344. The van der Waals surface area contributed by atoms with Crippen molar-refractivity contribution in [2.75, 3.05) is 26.4 Å². The largest absolute Gasteiger partial charge is 0.399 e. The lowest BCUT2D eigenvalue weighted by atomic mass is 10.2. The second kappa shape index (κ2) is 4.97. The molecule has 2 N–H and O–H groups in total. The van der Waals surface area contributed by atoms with E-state index in [2.05, 4.69) is 15.0 Å². The molecule has 0 aliphatic rings. The first-order chi connectivity index (χ1) is 8.15. The summed E-state index contributed by atoms with van der Waals surface area (Å²) in [5.41, 5.74) is 7.28. The maximum atomic E-state index is 5.71. The number of aromatic nitrogens is 2. The second-order valence-electron chi connectivity index (χ2n) is 4.19. The Morgan fingerprint density at radius 3 is 2.88 bits per heavy atom. The number of hydrogen-bond acceptors (Lipinski definition) is 5. The van der Waals surface area contributed by atoms with Gasteiger partial charge in [-0.2, -0.15) is 4.98 Å². The summed E-state index contributed by atoms with van der Waals surface area (Å²) in [6.45, 7) is 0.887. The van der Waals surface area contributed by atoms with Gasteiger partial charge in [0.25, 0.3) is 0 Å². The minimum atomic E-state index is 0.589. The highest BCUT2D eigenvalue weighted by Crippen LogP contribution is 2.18. The molecule has 0 unspecified atom stereocenters. The predicted molar refractivity (Wildman–Crippen MR) is 66.4 cm³/mol. The molecule has 0 saturated heterocycles. The molecule has 17 heavy (non-hydrogen) atoms. The average molecular weight is 232 g/mol. The van der Waals surface area contributed by atoms with Gasteiger partial charge in [-0.3, -0.25) is 0 Å². The van der Waals surface area contributed by atoms with Crippen molar-refractivity contribution < 1.29 is 4.52 Å². The highest BCUT2D eigenvalue weighted by molar-refractivity contribution is 5.60. The summed E-state index contributed by atoms with van der Waals surface area (Å²) in [6, 6.07) is 7.45. The van der Waals surface area contributed by atoms with E-state index >= 15 is 0 Å². The van der Waals surface area contributed by atoms with Crippen molar-refractivity contribution in [2.45, 2.75) is 6.42 Å². The fourth-order valence-electron chi connectivity index (χ4n) is 1.47. The number of nitrogen functional groups attached to an aromatic ring is 1. The Hall–Kier alpha value is -1.88. The van der Waals surface area contributed by atoms with E-state index in [-0.39, 0.29) is 0 Å². The second-order valence-corrected chi connectivity index (χ2v) is 4.19. The van der Waals surface area contributed by atoms with Crippen molar-refractivity contribution in [3.05, 3.63) is 30.2 Å². The lowest BCUT2D eigenvalue weighted by Crippen LogP contribution is -2.15. The molecule has 2 rings (SSSR count). The predicted octanol–water partition coefficient (Wildman–Crippen LogP) is 1.42. The number of nitrogens with zero attached hydrogens (tertiary/aromatic N) is 3. The van der Waals surface area contributed by atoms with Gasteiger partial charge in [0.15, 0.2) is 0 Å². The van der Waals surface area contributed by atoms with E-state index < -0.39 is 0 Å². The summed E-state index contributed by atoms with van der Waals surface area (Å²) in [7, 11) is 4.02. The van der Waals surface area contributed by atoms with Crippen molar-refractivity contribution in [3.63, 3.8) is 0 Å². The SMILES string of the molecule is CN(C)CCc1nc(-c2cccc(N)c2)no1. The first kappa shape index (κ1) is 11.6. The summed E-state index contributed by atoms with van der Waals surface area (Å²) in [5, 5.41) is 3.95. The van der Waals surface area contributed by atoms with E-state index in [9.17, 15) is 0 Å². The molecule has 0 atom stereocenters. The molecule has 1 heterocycles. The highest BCUT2D eigenvalue weighted by atomic mass is 16.5. The zero-order chi connectivity index (χ0) is 12.3. The maximum absolute atomic E-state index is 5.71. The van der Waals surface area contributed by atoms with Crippen LogP contribution in [0, 0.1) is 0 Å². The van der Waals surface area contributed by atoms with Gasteiger partial charge in [0.05, 0.1) is 0 Å². The van der Waals surface area contributed by atoms with E-state index in [1.54, 1.807) is 0 Å². The third-order valence-corrected chi connectivity index (χ3v) is 2.39. The van der Waals surface area contributed by atoms with Gasteiger partial charge in [0.2, 0.25) is 11.7 Å². The first-order valence-corrected chi connectivity index (χ1v) is 5.48. The van der Waals surface area contributed by atoms with E-state index in [4.69, 9.17) is 10.3 Å². The summed E-state index contributed by atoms with van der Waals surface area (Å²) >= 11 is 0. The normalized spacial score (nSPS) is 11.0. The molecule has 0 aliphatic carbocycles. The Morgan fingerprint density at radius 2 is 2.18 bits per heavy atom. The lowest BCUT2D eigenvalue weighted by Gasteiger charge is -2.05. The van der Waals surface area contributed by atoms with Crippen LogP contribution in [0.2, 0.25) is 0 Å². The van der Waals surface area contributed by atoms with Gasteiger partial charge in [0, 0.05) is 24.2 Å². The Labute approximate surface area is 100 Å². The van der Waals surface area contributed by atoms with E-state index in [0.717, 1.165) is 18.5 Å². The van der Waals surface area contributed by atoms with Crippen LogP contribution in [0.25, 0.3) is 11.4 Å². The molecule has 2 aromatic rings. The average Bonchev–Trinajstić information content (AvgIpc) is 2.75. The van der Waals surface area contributed by atoms with Crippen LogP contribution in [-0.2, 0) is 6.42 Å². The standard InChI is InChI=1S/C12H16N4O/c1-16(2)7-6-11-14-12(15-17-11)9-4-3-5-10(13)8-9/h3-5,8H,6-7,13H2,1-2H3. The highest BCUT2D eigenvalue weighted by Gasteiger charge is 2.08. The molecule has 90 valence electrons. The number of anilines is 1. The van der Waals surface area contributed by atoms with Crippen molar-refractivity contribution in [1.82, 2.24) is 15.0 Å². The topological polar surface area (TPSA) is 68.2 Å². The first-order valence-electron chi connectivity index (χ1n) is 5.48. The smallest absolute Gasteiger partial charge is 0.228 e. The molecule has 5 nitrogen and oxygen atoms in total. The van der Waals surface area contributed by atoms with Gasteiger partial charge in [-0.05, 0) is 26.2 Å². The van der Waals surface area contributed by atoms with E-state index in [1.807, 2.05) is 38.4 Å². The molecule has 0 fully saturated rings. The van der Waals surface area contributed by atoms with Gasteiger partial charge in [-0.1, -0.05) is 17.3 Å². The zero-order valence-electron chi connectivity index (χ0n) is 10.1. The maximum Gasteiger partial charge on any atom is 0.228 e. The molecular weight excluding hydrogens is 216 g/mol. The van der Waals surface area contributed by atoms with Crippen LogP contribution in [0.5, 0.6) is 0 Å². The third-order valence-electron chi connectivity index (χ3n) is 2.39. The van der Waals surface area contributed by atoms with E-state index in [1.165, 1.54) is 0 Å². The van der Waals surface area contributed by atoms with Crippen molar-refractivity contribution >= 4 is 5.69 Å². The van der Waals surface area contributed by atoms with Gasteiger partial charge in [-0.25, -0.2) is 0 Å². The summed E-state index contributed by atoms with van der Waals surface area (Å²) in [4.78, 5) is 6.41. The van der Waals surface area contributed by atoms with Gasteiger partial charge in [0.1, 0.15) is 0 Å². The Balaban J connectivity index is 2.12. The fraction of sp³-hybridized carbons (Fsp3) is 0.333. The molecule has 0 radical (unpaired) electrons. The number of rotatable bonds is 4. The quantitative estimate of drug-likeness (QED) is 0.807. The van der Waals surface area contributed by atoms with Crippen LogP contribution in [0.1, 0.15) is 5.89 Å². The van der Waals surface area contributed by atoms with Crippen LogP contribution in [-0.4, -0.2) is 35.7 Å². The number of hydrogen-bond donors (Lipinski definition) is 1. The molecule has 1 aromatic heterocycles. The molecule has 0 aliphatic heterocycles. The molecule has 0 saturated carbocycles. The van der Waals surface area contributed by atoms with Gasteiger partial charge < -0.3 is 15.2 Å². The van der Waals surface area contributed by atoms with Crippen LogP contribution in [0.3, 0.4) is 0 Å². The minimum absolute atomic E-state index is 0.589. The molecule has 5 heteroatoms. The van der Waals surface area contributed by atoms with Crippen LogP contribution >= 0.6 is 0 Å². The van der Waals surface area contributed by atoms with Crippen LogP contribution in [0.4, 0.5) is 5.69 Å². The molecule has 0 spiro atoms. The van der Waals surface area contributed by atoms with Crippen LogP contribution < -0.4 is 5.73 Å². The Bertz CT molecular complexity index is 493. The fourth-order valence-corrected chi connectivity index (χ4v) is 1.47. The third kappa shape index (κ3) is 3.04. The van der Waals surface area contributed by atoms with Crippen LogP contribution in [0.15, 0.2) is 28.8 Å². The van der Waals surface area contributed by atoms with Crippen molar-refractivity contribution in [2.24, 2.45) is 0 Å². The number of likely N-dealkylation sites (N-methyl/N-ethyl adjacent to an activating group) is 1. The Morgan fingerprint density at radius 1 is 1.35 bits per heavy atom. The monoisotopic (exact) mass is 232 g/mol. The minimum Gasteiger partial charge on any atom is -0.399 e. The zero-order valence-corrected chi connectivity index (χ0v) is 10.1. The molecule has 1 aromatic carbocycles. The van der Waals surface area contributed by atoms with Crippen molar-refractivity contribution in [3.8, 4) is 11.4 Å². The van der Waals surface area contributed by atoms with Gasteiger partial charge >= 0.3 is 0 Å². The molecular formula is C12H16N4O. The molecule has 0 amide bonds. The number of nitrogens with two attached hydrogens (primary N) is 1. The number of benzene rings is 1. The Kier molecular flexibility index (Phi) is 3.39.